The minimum Gasteiger partial charge on any atom is -0.313 e. The van der Waals surface area contributed by atoms with Crippen molar-refractivity contribution in [2.75, 3.05) is 20.6 Å². The Hall–Kier alpha value is -0.0800. The van der Waals surface area contributed by atoms with Gasteiger partial charge in [0.05, 0.1) is 0 Å². The Morgan fingerprint density at radius 2 is 2.00 bits per heavy atom. The normalized spacial score (nSPS) is 21.2. The highest BCUT2D eigenvalue weighted by Crippen LogP contribution is 2.33. The lowest BCUT2D eigenvalue weighted by molar-refractivity contribution is 0.267. The van der Waals surface area contributed by atoms with E-state index in [0.717, 1.165) is 12.5 Å². The second-order valence-corrected chi connectivity index (χ2v) is 5.01. The van der Waals surface area contributed by atoms with Crippen LogP contribution in [0.1, 0.15) is 39.5 Å². The molecule has 0 aromatic rings. The van der Waals surface area contributed by atoms with E-state index in [0.29, 0.717) is 12.1 Å². The molecule has 0 aromatic carbocycles. The van der Waals surface area contributed by atoms with Crippen LogP contribution in [0, 0.1) is 5.92 Å². The van der Waals surface area contributed by atoms with Crippen molar-refractivity contribution in [3.05, 3.63) is 0 Å². The highest BCUT2D eigenvalue weighted by Gasteiger charge is 2.23. The first-order chi connectivity index (χ1) is 6.63. The van der Waals surface area contributed by atoms with Gasteiger partial charge in [-0.2, -0.15) is 0 Å². The lowest BCUT2D eigenvalue weighted by atomic mass is 10.1. The molecule has 1 aliphatic carbocycles. The minimum atomic E-state index is 0.691. The summed E-state index contributed by atoms with van der Waals surface area (Å²) < 4.78 is 0. The van der Waals surface area contributed by atoms with E-state index in [9.17, 15) is 0 Å². The molecule has 1 rings (SSSR count). The lowest BCUT2D eigenvalue weighted by Gasteiger charge is -2.25. The highest BCUT2D eigenvalue weighted by atomic mass is 15.1. The third kappa shape index (κ3) is 4.43. The summed E-state index contributed by atoms with van der Waals surface area (Å²) in [5.74, 6) is 1.04. The van der Waals surface area contributed by atoms with Gasteiger partial charge in [-0.3, -0.25) is 0 Å². The van der Waals surface area contributed by atoms with Gasteiger partial charge in [-0.25, -0.2) is 0 Å². The van der Waals surface area contributed by atoms with Crippen molar-refractivity contribution in [1.82, 2.24) is 10.2 Å². The highest BCUT2D eigenvalue weighted by molar-refractivity contribution is 4.79. The molecule has 0 aliphatic heterocycles. The summed E-state index contributed by atoms with van der Waals surface area (Å²) in [6.45, 7) is 5.72. The molecule has 0 heterocycles. The average Bonchev–Trinajstić information content (AvgIpc) is 2.88. The topological polar surface area (TPSA) is 15.3 Å². The Bertz CT molecular complexity index is 152. The van der Waals surface area contributed by atoms with Gasteiger partial charge in [0.1, 0.15) is 0 Å². The van der Waals surface area contributed by atoms with Gasteiger partial charge < -0.3 is 10.2 Å². The van der Waals surface area contributed by atoms with E-state index < -0.39 is 0 Å². The van der Waals surface area contributed by atoms with Gasteiger partial charge in [-0.1, -0.05) is 19.8 Å². The van der Waals surface area contributed by atoms with Crippen LogP contribution in [0.25, 0.3) is 0 Å². The number of likely N-dealkylation sites (N-methyl/N-ethyl adjacent to an activating group) is 1. The zero-order valence-corrected chi connectivity index (χ0v) is 10.2. The summed E-state index contributed by atoms with van der Waals surface area (Å²) in [6.07, 6.45) is 5.55. The molecule has 14 heavy (non-hydrogen) atoms. The molecule has 1 saturated carbocycles. The fourth-order valence-corrected chi connectivity index (χ4v) is 1.97. The van der Waals surface area contributed by atoms with Crippen molar-refractivity contribution in [2.45, 2.75) is 51.6 Å². The summed E-state index contributed by atoms with van der Waals surface area (Å²) in [7, 11) is 4.34. The molecule has 1 aliphatic rings. The quantitative estimate of drug-likeness (QED) is 0.674. The third-order valence-electron chi connectivity index (χ3n) is 3.29. The first-order valence-electron chi connectivity index (χ1n) is 6.03. The first kappa shape index (κ1) is 12.0. The molecule has 84 valence electrons. The van der Waals surface area contributed by atoms with E-state index in [1.807, 2.05) is 0 Å². The zero-order valence-electron chi connectivity index (χ0n) is 10.2. The van der Waals surface area contributed by atoms with Gasteiger partial charge in [0.25, 0.3) is 0 Å². The van der Waals surface area contributed by atoms with Crippen LogP contribution < -0.4 is 5.32 Å². The summed E-state index contributed by atoms with van der Waals surface area (Å²) in [5.41, 5.74) is 0. The van der Waals surface area contributed by atoms with Gasteiger partial charge in [0.2, 0.25) is 0 Å². The molecule has 1 N–H and O–H groups in total. The number of hydrogen-bond donors (Lipinski definition) is 1. The van der Waals surface area contributed by atoms with E-state index in [1.54, 1.807) is 0 Å². The molecular formula is C12H26N2. The second-order valence-electron chi connectivity index (χ2n) is 5.01. The molecule has 2 nitrogen and oxygen atoms in total. The Morgan fingerprint density at radius 1 is 1.36 bits per heavy atom. The van der Waals surface area contributed by atoms with Crippen LogP contribution in [0.15, 0.2) is 0 Å². The predicted octanol–water partition coefficient (Wildman–Crippen LogP) is 2.10. The fourth-order valence-electron chi connectivity index (χ4n) is 1.97. The second kappa shape index (κ2) is 5.72. The van der Waals surface area contributed by atoms with Crippen molar-refractivity contribution in [3.63, 3.8) is 0 Å². The average molecular weight is 198 g/mol. The van der Waals surface area contributed by atoms with E-state index in [2.05, 4.69) is 38.2 Å². The molecule has 1 fully saturated rings. The summed E-state index contributed by atoms with van der Waals surface area (Å²) in [6, 6.07) is 1.40. The largest absolute Gasteiger partial charge is 0.313 e. The van der Waals surface area contributed by atoms with Crippen LogP contribution in [-0.4, -0.2) is 37.6 Å². The summed E-state index contributed by atoms with van der Waals surface area (Å²) in [4.78, 5) is 2.32. The van der Waals surface area contributed by atoms with Gasteiger partial charge in [0.15, 0.2) is 0 Å². The summed E-state index contributed by atoms with van der Waals surface area (Å²) in [5, 5.41) is 3.64. The zero-order chi connectivity index (χ0) is 10.6. The summed E-state index contributed by atoms with van der Waals surface area (Å²) >= 11 is 0. The maximum absolute atomic E-state index is 3.64. The molecule has 0 amide bonds. The predicted molar refractivity (Wildman–Crippen MR) is 62.6 cm³/mol. The van der Waals surface area contributed by atoms with Gasteiger partial charge in [0, 0.05) is 18.6 Å². The SMILES string of the molecule is CCC(CNC(C)CC1CC1)N(C)C. The fraction of sp³-hybridized carbons (Fsp3) is 1.00. The standard InChI is InChI=1S/C12H26N2/c1-5-12(14(3)4)9-13-10(2)8-11-6-7-11/h10-13H,5-9H2,1-4H3. The molecular weight excluding hydrogens is 172 g/mol. The maximum atomic E-state index is 3.64. The van der Waals surface area contributed by atoms with E-state index >= 15 is 0 Å². The Kier molecular flexibility index (Phi) is 4.90. The molecule has 2 unspecified atom stereocenters. The van der Waals surface area contributed by atoms with Gasteiger partial charge in [-0.05, 0) is 39.8 Å². The number of rotatable bonds is 7. The van der Waals surface area contributed by atoms with E-state index in [-0.39, 0.29) is 0 Å². The molecule has 0 radical (unpaired) electrons. The van der Waals surface area contributed by atoms with Crippen LogP contribution in [0.3, 0.4) is 0 Å². The third-order valence-corrected chi connectivity index (χ3v) is 3.29. The molecule has 2 atom stereocenters. The smallest absolute Gasteiger partial charge is 0.0212 e. The van der Waals surface area contributed by atoms with Crippen LogP contribution in [-0.2, 0) is 0 Å². The van der Waals surface area contributed by atoms with Crippen LogP contribution in [0.5, 0.6) is 0 Å². The monoisotopic (exact) mass is 198 g/mol. The Morgan fingerprint density at radius 3 is 2.43 bits per heavy atom. The number of nitrogens with one attached hydrogen (secondary N) is 1. The van der Waals surface area contributed by atoms with Crippen molar-refractivity contribution in [2.24, 2.45) is 5.92 Å². The number of nitrogens with zero attached hydrogens (tertiary/aromatic N) is 1. The minimum absolute atomic E-state index is 0.691. The van der Waals surface area contributed by atoms with Gasteiger partial charge in [-0.15, -0.1) is 0 Å². The van der Waals surface area contributed by atoms with E-state index in [4.69, 9.17) is 0 Å². The number of hydrogen-bond acceptors (Lipinski definition) is 2. The van der Waals surface area contributed by atoms with Gasteiger partial charge >= 0.3 is 0 Å². The molecule has 2 heteroatoms. The van der Waals surface area contributed by atoms with Crippen LogP contribution >= 0.6 is 0 Å². The Balaban J connectivity index is 2.09. The molecule has 0 aromatic heterocycles. The molecule has 0 saturated heterocycles. The van der Waals surface area contributed by atoms with Crippen molar-refractivity contribution >= 4 is 0 Å². The van der Waals surface area contributed by atoms with Crippen LogP contribution in [0.2, 0.25) is 0 Å². The van der Waals surface area contributed by atoms with Crippen molar-refractivity contribution in [1.29, 1.82) is 0 Å². The van der Waals surface area contributed by atoms with E-state index in [1.165, 1.54) is 25.7 Å². The van der Waals surface area contributed by atoms with Crippen LogP contribution in [0.4, 0.5) is 0 Å². The van der Waals surface area contributed by atoms with Crippen molar-refractivity contribution < 1.29 is 0 Å². The Labute approximate surface area is 89.1 Å². The van der Waals surface area contributed by atoms with Crippen molar-refractivity contribution in [3.8, 4) is 0 Å². The molecule has 0 spiro atoms. The first-order valence-corrected chi connectivity index (χ1v) is 6.03. The maximum Gasteiger partial charge on any atom is 0.0212 e. The lowest BCUT2D eigenvalue weighted by Crippen LogP contribution is -2.40. The molecule has 0 bridgehead atoms.